The van der Waals surface area contributed by atoms with Crippen molar-refractivity contribution in [2.24, 2.45) is 0 Å². The second kappa shape index (κ2) is 40.2. The van der Waals surface area contributed by atoms with E-state index < -0.39 is 6.10 Å². The lowest BCUT2D eigenvalue weighted by atomic mass is 10.0. The quantitative estimate of drug-likeness (QED) is 0.0358. The first-order valence-electron chi connectivity index (χ1n) is 22.0. The van der Waals surface area contributed by atoms with E-state index in [4.69, 9.17) is 14.2 Å². The number of rotatable bonds is 40. The van der Waals surface area contributed by atoms with E-state index in [1.807, 2.05) is 0 Å². The van der Waals surface area contributed by atoms with Gasteiger partial charge in [-0.3, -0.25) is 14.4 Å². The van der Waals surface area contributed by atoms with Crippen LogP contribution < -0.4 is 0 Å². The minimum Gasteiger partial charge on any atom is -0.462 e. The van der Waals surface area contributed by atoms with E-state index in [1.54, 1.807) is 0 Å². The molecule has 0 rings (SSSR count). The molecule has 0 heterocycles. The van der Waals surface area contributed by atoms with Crippen molar-refractivity contribution in [1.82, 2.24) is 0 Å². The molecule has 0 fully saturated rings. The van der Waals surface area contributed by atoms with Gasteiger partial charge >= 0.3 is 17.9 Å². The van der Waals surface area contributed by atoms with Crippen molar-refractivity contribution in [2.75, 3.05) is 13.2 Å². The van der Waals surface area contributed by atoms with Crippen LogP contribution in [-0.4, -0.2) is 37.2 Å². The highest BCUT2D eigenvalue weighted by atomic mass is 16.6. The van der Waals surface area contributed by atoms with Crippen LogP contribution in [0.4, 0.5) is 0 Å². The molecule has 0 N–H and O–H groups in total. The van der Waals surface area contributed by atoms with E-state index in [0.717, 1.165) is 64.2 Å². The minimum absolute atomic E-state index is 0.0649. The first-order valence-corrected chi connectivity index (χ1v) is 22.0. The molecule has 0 saturated carbocycles. The zero-order valence-corrected chi connectivity index (χ0v) is 33.7. The molecule has 1 unspecified atom stereocenters. The summed E-state index contributed by atoms with van der Waals surface area (Å²) in [6.07, 6.45) is 40.0. The predicted molar refractivity (Wildman–Crippen MR) is 210 cm³/mol. The third kappa shape index (κ3) is 37.7. The van der Waals surface area contributed by atoms with Crippen LogP contribution in [0, 0.1) is 0 Å². The fourth-order valence-electron chi connectivity index (χ4n) is 6.50. The average molecular weight is 709 g/mol. The van der Waals surface area contributed by atoms with Crippen LogP contribution in [0.15, 0.2) is 0 Å². The number of ether oxygens (including phenoxy) is 3. The van der Waals surface area contributed by atoms with Crippen molar-refractivity contribution in [3.8, 4) is 0 Å². The van der Waals surface area contributed by atoms with Gasteiger partial charge in [-0.2, -0.15) is 0 Å². The number of carbonyl (C=O) groups is 3. The van der Waals surface area contributed by atoms with Gasteiger partial charge in [-0.15, -0.1) is 0 Å². The maximum absolute atomic E-state index is 12.5. The van der Waals surface area contributed by atoms with Crippen LogP contribution in [0.2, 0.25) is 0 Å². The van der Waals surface area contributed by atoms with Crippen molar-refractivity contribution in [2.45, 2.75) is 252 Å². The summed E-state index contributed by atoms with van der Waals surface area (Å²) >= 11 is 0. The Hall–Kier alpha value is -1.59. The summed E-state index contributed by atoms with van der Waals surface area (Å²) in [5.74, 6) is -0.877. The number of esters is 3. The lowest BCUT2D eigenvalue weighted by Gasteiger charge is -2.18. The Balaban J connectivity index is 4.00. The molecule has 0 bridgehead atoms. The summed E-state index contributed by atoms with van der Waals surface area (Å²) in [6, 6.07) is 0. The second-order valence-corrected chi connectivity index (χ2v) is 15.0. The topological polar surface area (TPSA) is 78.9 Å². The first kappa shape index (κ1) is 48.4. The first-order chi connectivity index (χ1) is 24.5. The number of hydrogen-bond donors (Lipinski definition) is 0. The normalized spacial score (nSPS) is 11.8. The smallest absolute Gasteiger partial charge is 0.306 e. The molecule has 0 aliphatic heterocycles. The lowest BCUT2D eigenvalue weighted by Crippen LogP contribution is -2.30. The molecule has 6 nitrogen and oxygen atoms in total. The highest BCUT2D eigenvalue weighted by Crippen LogP contribution is 2.16. The van der Waals surface area contributed by atoms with Gasteiger partial charge in [0.15, 0.2) is 6.10 Å². The molecule has 0 radical (unpaired) electrons. The molecule has 0 aromatic rings. The van der Waals surface area contributed by atoms with Gasteiger partial charge in [-0.05, 0) is 19.3 Å². The van der Waals surface area contributed by atoms with Crippen molar-refractivity contribution in [3.63, 3.8) is 0 Å². The van der Waals surface area contributed by atoms with E-state index in [9.17, 15) is 14.4 Å². The van der Waals surface area contributed by atoms with Gasteiger partial charge in [-0.25, -0.2) is 0 Å². The van der Waals surface area contributed by atoms with Crippen LogP contribution >= 0.6 is 0 Å². The van der Waals surface area contributed by atoms with Gasteiger partial charge in [0, 0.05) is 19.3 Å². The van der Waals surface area contributed by atoms with Crippen molar-refractivity contribution in [3.05, 3.63) is 0 Å². The van der Waals surface area contributed by atoms with Gasteiger partial charge in [0.2, 0.25) is 0 Å². The number of hydrogen-bond acceptors (Lipinski definition) is 6. The maximum atomic E-state index is 12.5. The monoisotopic (exact) mass is 709 g/mol. The van der Waals surface area contributed by atoms with Crippen LogP contribution in [-0.2, 0) is 28.6 Å². The Morgan fingerprint density at radius 2 is 0.540 bits per heavy atom. The lowest BCUT2D eigenvalue weighted by molar-refractivity contribution is -0.167. The summed E-state index contributed by atoms with van der Waals surface area (Å²) in [5, 5.41) is 0. The Bertz CT molecular complexity index is 738. The van der Waals surface area contributed by atoms with Crippen LogP contribution in [0.25, 0.3) is 0 Å². The highest BCUT2D eigenvalue weighted by molar-refractivity contribution is 5.71. The van der Waals surface area contributed by atoms with Crippen LogP contribution in [0.3, 0.4) is 0 Å². The number of unbranched alkanes of at least 4 members (excludes halogenated alkanes) is 29. The fourth-order valence-corrected chi connectivity index (χ4v) is 6.50. The highest BCUT2D eigenvalue weighted by Gasteiger charge is 2.19. The molecule has 0 aliphatic carbocycles. The van der Waals surface area contributed by atoms with Gasteiger partial charge in [0.1, 0.15) is 13.2 Å². The molecule has 50 heavy (non-hydrogen) atoms. The Labute approximate surface area is 310 Å². The zero-order valence-electron chi connectivity index (χ0n) is 33.7. The third-order valence-electron chi connectivity index (χ3n) is 9.86. The summed E-state index contributed by atoms with van der Waals surface area (Å²) in [6.45, 7) is 6.52. The molecular formula is C44H84O6. The number of carbonyl (C=O) groups excluding carboxylic acids is 3. The van der Waals surface area contributed by atoms with Crippen molar-refractivity contribution < 1.29 is 28.6 Å². The van der Waals surface area contributed by atoms with Crippen molar-refractivity contribution in [1.29, 1.82) is 0 Å². The Morgan fingerprint density at radius 3 is 0.800 bits per heavy atom. The third-order valence-corrected chi connectivity index (χ3v) is 9.86. The summed E-state index contributed by atoms with van der Waals surface area (Å²) in [5.41, 5.74) is 0. The predicted octanol–water partition coefficient (Wildman–Crippen LogP) is 13.7. The van der Waals surface area contributed by atoms with E-state index in [1.165, 1.54) is 141 Å². The van der Waals surface area contributed by atoms with Crippen molar-refractivity contribution >= 4 is 17.9 Å². The van der Waals surface area contributed by atoms with Crippen LogP contribution in [0.1, 0.15) is 245 Å². The molecule has 0 amide bonds. The second-order valence-electron chi connectivity index (χ2n) is 15.0. The van der Waals surface area contributed by atoms with Gasteiger partial charge in [-0.1, -0.05) is 207 Å². The van der Waals surface area contributed by atoms with E-state index >= 15 is 0 Å². The molecule has 0 aliphatic rings. The fraction of sp³-hybridized carbons (Fsp3) is 0.932. The Morgan fingerprint density at radius 1 is 0.320 bits per heavy atom. The zero-order chi connectivity index (χ0) is 36.6. The van der Waals surface area contributed by atoms with E-state index in [0.29, 0.717) is 19.3 Å². The minimum atomic E-state index is -0.755. The largest absolute Gasteiger partial charge is 0.462 e. The molecule has 0 spiro atoms. The van der Waals surface area contributed by atoms with Crippen LogP contribution in [0.5, 0.6) is 0 Å². The average Bonchev–Trinajstić information content (AvgIpc) is 3.11. The molecular weight excluding hydrogens is 624 g/mol. The SMILES string of the molecule is CCCCCCCCCCCCCCCCCCCCCCC(=O)OCC(COC(=O)CCCCCCC)OC(=O)CCCCCCCCC. The van der Waals surface area contributed by atoms with Gasteiger partial charge < -0.3 is 14.2 Å². The van der Waals surface area contributed by atoms with E-state index in [2.05, 4.69) is 20.8 Å². The molecule has 0 aromatic heterocycles. The maximum Gasteiger partial charge on any atom is 0.306 e. The van der Waals surface area contributed by atoms with Gasteiger partial charge in [0.25, 0.3) is 0 Å². The summed E-state index contributed by atoms with van der Waals surface area (Å²) in [4.78, 5) is 37.2. The summed E-state index contributed by atoms with van der Waals surface area (Å²) in [7, 11) is 0. The van der Waals surface area contributed by atoms with E-state index in [-0.39, 0.29) is 31.1 Å². The molecule has 1 atom stereocenters. The standard InChI is InChI=1S/C44H84O6/c1-4-7-10-13-15-16-17-18-19-20-21-22-23-24-25-26-27-29-31-34-37-43(46)49-40-41(39-48-42(45)36-33-30-12-9-6-3)50-44(47)38-35-32-28-14-11-8-5-2/h41H,4-40H2,1-3H3. The molecule has 296 valence electrons. The molecule has 0 saturated heterocycles. The van der Waals surface area contributed by atoms with Gasteiger partial charge in [0.05, 0.1) is 0 Å². The Kier molecular flexibility index (Phi) is 38.9. The molecule has 6 heteroatoms. The summed E-state index contributed by atoms with van der Waals surface area (Å²) < 4.78 is 16.5. The molecule has 0 aromatic carbocycles.